The summed E-state index contributed by atoms with van der Waals surface area (Å²) in [5, 5.41) is 0. The van der Waals surface area contributed by atoms with Gasteiger partial charge in [0.1, 0.15) is 11.7 Å². The smallest absolute Gasteiger partial charge is 0.132 e. The Kier molecular flexibility index (Phi) is 10.0. The zero-order chi connectivity index (χ0) is 13.8. The summed E-state index contributed by atoms with van der Waals surface area (Å²) in [6, 6.07) is 6.23. The maximum Gasteiger partial charge on any atom is 0.132 e. The average Bonchev–Trinajstić information content (AvgIpc) is 2.41. The van der Waals surface area contributed by atoms with Gasteiger partial charge in [-0.3, -0.25) is 4.99 Å². The van der Waals surface area contributed by atoms with Crippen LogP contribution in [0.1, 0.15) is 20.8 Å². The molecule has 0 aromatic heterocycles. The van der Waals surface area contributed by atoms with Gasteiger partial charge in [-0.05, 0) is 49.2 Å². The van der Waals surface area contributed by atoms with Crippen molar-refractivity contribution >= 4 is 17.8 Å². The van der Waals surface area contributed by atoms with E-state index in [2.05, 4.69) is 9.71 Å². The third kappa shape index (κ3) is 7.09. The summed E-state index contributed by atoms with van der Waals surface area (Å²) in [6.45, 7) is 6.13. The Morgan fingerprint density at radius 3 is 2.50 bits per heavy atom. The van der Waals surface area contributed by atoms with Crippen molar-refractivity contribution in [2.75, 3.05) is 6.67 Å². The van der Waals surface area contributed by atoms with Gasteiger partial charge < -0.3 is 10.5 Å². The molecule has 0 atom stereocenters. The Morgan fingerprint density at radius 2 is 2.00 bits per heavy atom. The molecule has 0 amide bonds. The van der Waals surface area contributed by atoms with Gasteiger partial charge in [0.05, 0.1) is 6.67 Å². The summed E-state index contributed by atoms with van der Waals surface area (Å²) in [7, 11) is 0. The van der Waals surface area contributed by atoms with Gasteiger partial charge >= 0.3 is 0 Å². The summed E-state index contributed by atoms with van der Waals surface area (Å²) in [4.78, 5) is 4.96. The van der Waals surface area contributed by atoms with Crippen LogP contribution in [0.15, 0.2) is 46.3 Å². The van der Waals surface area contributed by atoms with Crippen LogP contribution in [0.2, 0.25) is 0 Å². The number of rotatable bonds is 4. The van der Waals surface area contributed by atoms with E-state index in [0.717, 1.165) is 4.90 Å². The van der Waals surface area contributed by atoms with Crippen LogP contribution in [0.3, 0.4) is 0 Å². The van der Waals surface area contributed by atoms with Crippen molar-refractivity contribution in [3.8, 4) is 0 Å². The summed E-state index contributed by atoms with van der Waals surface area (Å²) < 4.78 is 15.7. The van der Waals surface area contributed by atoms with Crippen molar-refractivity contribution in [2.24, 2.45) is 10.7 Å². The number of hydrogen-bond donors (Lipinski definition) is 2. The van der Waals surface area contributed by atoms with Crippen LogP contribution in [0, 0.1) is 5.82 Å². The molecule has 3 nitrogen and oxygen atoms in total. The Hall–Kier alpha value is -1.33. The lowest BCUT2D eigenvalue weighted by molar-refractivity contribution is 0.626. The van der Waals surface area contributed by atoms with Crippen LogP contribution in [0.5, 0.6) is 0 Å². The number of nitrogens with zero attached hydrogens (tertiary/aromatic N) is 1. The number of hydrogen-bond acceptors (Lipinski definition) is 3. The summed E-state index contributed by atoms with van der Waals surface area (Å²) >= 11 is 1.36. The number of allylic oxidation sites excluding steroid dienone is 1. The molecule has 0 bridgehead atoms. The first kappa shape index (κ1) is 16.7. The van der Waals surface area contributed by atoms with Crippen LogP contribution < -0.4 is 10.5 Å². The summed E-state index contributed by atoms with van der Waals surface area (Å²) in [5.41, 5.74) is 5.33. The molecular weight excluding hydrogens is 249 g/mol. The van der Waals surface area contributed by atoms with Crippen LogP contribution in [0.4, 0.5) is 4.39 Å². The molecule has 1 rings (SSSR count). The van der Waals surface area contributed by atoms with E-state index in [-0.39, 0.29) is 12.5 Å². The molecule has 3 N–H and O–H groups in total. The molecular formula is C13H20FN3S. The van der Waals surface area contributed by atoms with E-state index >= 15 is 0 Å². The number of aliphatic imine (C=N–C) groups is 1. The molecule has 0 unspecified atom stereocenters. The molecule has 0 saturated heterocycles. The van der Waals surface area contributed by atoms with Gasteiger partial charge in [-0.15, -0.1) is 0 Å². The molecule has 18 heavy (non-hydrogen) atoms. The SMILES string of the molecule is C/C=C\C(=N/CN)NSc1ccc(F)cc1.CC. The second kappa shape index (κ2) is 10.8. The van der Waals surface area contributed by atoms with Gasteiger partial charge in [-0.25, -0.2) is 4.39 Å². The predicted molar refractivity (Wildman–Crippen MR) is 78.0 cm³/mol. The van der Waals surface area contributed by atoms with Gasteiger partial charge in [0.2, 0.25) is 0 Å². The van der Waals surface area contributed by atoms with Crippen molar-refractivity contribution in [2.45, 2.75) is 25.7 Å². The van der Waals surface area contributed by atoms with Crippen LogP contribution in [-0.2, 0) is 0 Å². The minimum absolute atomic E-state index is 0.233. The highest BCUT2D eigenvalue weighted by molar-refractivity contribution is 7.98. The van der Waals surface area contributed by atoms with Crippen molar-refractivity contribution in [3.05, 3.63) is 42.2 Å². The van der Waals surface area contributed by atoms with Gasteiger partial charge in [-0.2, -0.15) is 0 Å². The number of nitrogens with two attached hydrogens (primary N) is 1. The minimum Gasteiger partial charge on any atom is -0.312 e. The molecule has 0 fully saturated rings. The molecule has 0 aliphatic carbocycles. The molecule has 1 aromatic carbocycles. The largest absolute Gasteiger partial charge is 0.312 e. The van der Waals surface area contributed by atoms with Crippen LogP contribution >= 0.6 is 11.9 Å². The van der Waals surface area contributed by atoms with Crippen molar-refractivity contribution in [1.82, 2.24) is 4.72 Å². The molecule has 5 heteroatoms. The number of benzene rings is 1. The Labute approximate surface area is 113 Å². The minimum atomic E-state index is -0.242. The van der Waals surface area contributed by atoms with E-state index in [1.807, 2.05) is 32.9 Å². The topological polar surface area (TPSA) is 50.4 Å². The Bertz CT molecular complexity index is 374. The third-order valence-electron chi connectivity index (χ3n) is 1.67. The molecule has 0 saturated carbocycles. The summed E-state index contributed by atoms with van der Waals surface area (Å²) in [5.74, 6) is 0.452. The second-order valence-electron chi connectivity index (χ2n) is 2.88. The number of halogens is 1. The monoisotopic (exact) mass is 269 g/mol. The number of nitrogens with one attached hydrogen (secondary N) is 1. The highest BCUT2D eigenvalue weighted by Crippen LogP contribution is 2.14. The maximum absolute atomic E-state index is 12.6. The zero-order valence-electron chi connectivity index (χ0n) is 11.0. The predicted octanol–water partition coefficient (Wildman–Crippen LogP) is 3.34. The Morgan fingerprint density at radius 1 is 1.39 bits per heavy atom. The fourth-order valence-corrected chi connectivity index (χ4v) is 1.62. The fourth-order valence-electron chi connectivity index (χ4n) is 0.989. The van der Waals surface area contributed by atoms with E-state index < -0.39 is 0 Å². The zero-order valence-corrected chi connectivity index (χ0v) is 11.8. The van der Waals surface area contributed by atoms with E-state index in [1.165, 1.54) is 24.1 Å². The molecule has 1 aromatic rings. The lowest BCUT2D eigenvalue weighted by atomic mass is 10.4. The van der Waals surface area contributed by atoms with Crippen LogP contribution in [0.25, 0.3) is 0 Å². The van der Waals surface area contributed by atoms with E-state index in [1.54, 1.807) is 12.1 Å². The van der Waals surface area contributed by atoms with Crippen molar-refractivity contribution < 1.29 is 4.39 Å². The molecule has 0 aliphatic rings. The average molecular weight is 269 g/mol. The third-order valence-corrected chi connectivity index (χ3v) is 2.49. The van der Waals surface area contributed by atoms with E-state index in [9.17, 15) is 4.39 Å². The van der Waals surface area contributed by atoms with Gasteiger partial charge in [0.25, 0.3) is 0 Å². The molecule has 0 heterocycles. The van der Waals surface area contributed by atoms with Gasteiger partial charge in [-0.1, -0.05) is 19.9 Å². The van der Waals surface area contributed by atoms with Crippen molar-refractivity contribution in [3.63, 3.8) is 0 Å². The molecule has 100 valence electrons. The molecule has 0 spiro atoms. The van der Waals surface area contributed by atoms with Crippen LogP contribution in [-0.4, -0.2) is 12.5 Å². The van der Waals surface area contributed by atoms with Crippen molar-refractivity contribution in [1.29, 1.82) is 0 Å². The standard InChI is InChI=1S/C11H14FN3S.C2H6/c1-2-3-11(14-8-13)15-16-10-6-4-9(12)5-7-10;1-2/h2-7H,8,13H2,1H3,(H,14,15);1-2H3/b3-2-;. The Balaban J connectivity index is 0.00000137. The lowest BCUT2D eigenvalue weighted by Crippen LogP contribution is -2.15. The van der Waals surface area contributed by atoms with E-state index in [0.29, 0.717) is 5.84 Å². The lowest BCUT2D eigenvalue weighted by Gasteiger charge is -2.04. The second-order valence-corrected chi connectivity index (χ2v) is 3.76. The first-order valence-electron chi connectivity index (χ1n) is 5.82. The quantitative estimate of drug-likeness (QED) is 0.501. The maximum atomic E-state index is 12.6. The number of amidine groups is 1. The van der Waals surface area contributed by atoms with Gasteiger partial charge in [0.15, 0.2) is 0 Å². The molecule has 0 aliphatic heterocycles. The van der Waals surface area contributed by atoms with Gasteiger partial charge in [0, 0.05) is 4.90 Å². The van der Waals surface area contributed by atoms with E-state index in [4.69, 9.17) is 5.73 Å². The first-order valence-corrected chi connectivity index (χ1v) is 6.63. The first-order chi connectivity index (χ1) is 8.76. The highest BCUT2D eigenvalue weighted by atomic mass is 32.2. The normalized spacial score (nSPS) is 11.1. The molecule has 0 radical (unpaired) electrons. The fraction of sp³-hybridized carbons (Fsp3) is 0.308. The summed E-state index contributed by atoms with van der Waals surface area (Å²) in [6.07, 6.45) is 3.69. The highest BCUT2D eigenvalue weighted by Gasteiger charge is 1.96.